The Bertz CT molecular complexity index is 1510. The summed E-state index contributed by atoms with van der Waals surface area (Å²) in [4.78, 5) is 55.8. The number of Topliss-reactive ketones (excluding diaryl/α,β-unsaturated/α-hetero) is 1. The Morgan fingerprint density at radius 2 is 1.50 bits per heavy atom. The molecule has 13 nitrogen and oxygen atoms in total. The zero-order chi connectivity index (χ0) is 33.6. The second-order valence-electron chi connectivity index (χ2n) is 11.2. The van der Waals surface area contributed by atoms with Gasteiger partial charge in [-0.3, -0.25) is 29.5 Å². The first-order valence-electron chi connectivity index (χ1n) is 15.0. The van der Waals surface area contributed by atoms with Gasteiger partial charge in [-0.1, -0.05) is 74.5 Å². The third kappa shape index (κ3) is 10.7. The van der Waals surface area contributed by atoms with Crippen LogP contribution in [0.5, 0.6) is 0 Å². The molecule has 0 aromatic heterocycles. The summed E-state index contributed by atoms with van der Waals surface area (Å²) in [5.41, 5.74) is 18.4. The first-order valence-corrected chi connectivity index (χ1v) is 15.0. The van der Waals surface area contributed by atoms with Crippen molar-refractivity contribution in [2.45, 2.75) is 57.8 Å². The largest absolute Gasteiger partial charge is 0.398 e. The summed E-state index contributed by atoms with van der Waals surface area (Å²) >= 11 is 0. The molecule has 0 radical (unpaired) electrons. The Morgan fingerprint density at radius 3 is 2.09 bits per heavy atom. The molecule has 0 spiro atoms. The maximum atomic E-state index is 13.7. The predicted octanol–water partition coefficient (Wildman–Crippen LogP) is 2.44. The number of aliphatic imine (C=N–C) groups is 1. The minimum Gasteiger partial charge on any atom is -0.398 e. The van der Waals surface area contributed by atoms with Crippen LogP contribution in [0.15, 0.2) is 83.9 Å². The molecule has 3 aromatic rings. The average Bonchev–Trinajstić information content (AvgIpc) is 3.03. The highest BCUT2D eigenvalue weighted by molar-refractivity contribution is 6.06. The monoisotopic (exact) mass is 630 g/mol. The van der Waals surface area contributed by atoms with Gasteiger partial charge in [-0.05, 0) is 42.4 Å². The number of nitro benzene ring substituents is 1. The number of carbonyl (C=O) groups excluding carboxylic acids is 3. The average molecular weight is 631 g/mol. The van der Waals surface area contributed by atoms with Gasteiger partial charge in [0.2, 0.25) is 11.8 Å². The maximum absolute atomic E-state index is 13.7. The maximum Gasteiger partial charge on any atom is 0.270 e. The molecule has 0 fully saturated rings. The van der Waals surface area contributed by atoms with Crippen LogP contribution in [0.1, 0.15) is 48.2 Å². The lowest BCUT2D eigenvalue weighted by atomic mass is 9.96. The summed E-state index contributed by atoms with van der Waals surface area (Å²) in [7, 11) is 0. The molecule has 2 amide bonds. The normalized spacial score (nSPS) is 12.8. The number of amides is 2. The summed E-state index contributed by atoms with van der Waals surface area (Å²) in [5, 5.41) is 20.3. The summed E-state index contributed by atoms with van der Waals surface area (Å²) in [6.07, 6.45) is 0.798. The second-order valence-corrected chi connectivity index (χ2v) is 11.2. The van der Waals surface area contributed by atoms with Crippen molar-refractivity contribution in [2.24, 2.45) is 22.4 Å². The summed E-state index contributed by atoms with van der Waals surface area (Å²) in [6.45, 7) is 4.18. The molecule has 3 rings (SSSR count). The molecule has 46 heavy (non-hydrogen) atoms. The van der Waals surface area contributed by atoms with E-state index in [1.807, 2.05) is 60.7 Å². The molecule has 3 aromatic carbocycles. The molecule has 0 aliphatic heterocycles. The van der Waals surface area contributed by atoms with E-state index in [2.05, 4.69) is 20.9 Å². The van der Waals surface area contributed by atoms with E-state index in [1.165, 1.54) is 12.1 Å². The quantitative estimate of drug-likeness (QED) is 0.0245. The van der Waals surface area contributed by atoms with Crippen molar-refractivity contribution in [3.05, 3.63) is 106 Å². The van der Waals surface area contributed by atoms with Crippen LogP contribution in [-0.4, -0.2) is 53.2 Å². The minimum atomic E-state index is -1.12. The molecule has 9 N–H and O–H groups in total. The van der Waals surface area contributed by atoms with Gasteiger partial charge in [0, 0.05) is 36.5 Å². The zero-order valence-electron chi connectivity index (χ0n) is 26.0. The summed E-state index contributed by atoms with van der Waals surface area (Å²) in [6, 6.07) is 19.9. The van der Waals surface area contributed by atoms with E-state index in [0.717, 1.165) is 17.2 Å². The standard InChI is InChI=1S/C33H42N8O5/c1-21(2)29(40-31(43)28(18-22-10-5-3-6-11-22)38-20-23-12-7-4-8-13-23)32(44)39-27(14-9-17-37-33(35)36)30(42)25-19-24(41(45)46)15-16-26(25)34/h3-8,10-13,15-16,19,21,27-29,38H,9,14,17-18,20,34H2,1-2H3,(H,39,44)(H,40,43)(H4,35,36,37)/t27-,28-,29-/m0/s1. The number of benzene rings is 3. The topological polar surface area (TPSA) is 221 Å². The van der Waals surface area contributed by atoms with Crippen molar-refractivity contribution in [2.75, 3.05) is 12.3 Å². The molecule has 13 heteroatoms. The van der Waals surface area contributed by atoms with Crippen molar-refractivity contribution >= 4 is 34.9 Å². The van der Waals surface area contributed by atoms with Crippen molar-refractivity contribution in [1.82, 2.24) is 16.0 Å². The number of rotatable bonds is 17. The Morgan fingerprint density at radius 1 is 0.870 bits per heavy atom. The van der Waals surface area contributed by atoms with Crippen LogP contribution in [0.25, 0.3) is 0 Å². The smallest absolute Gasteiger partial charge is 0.270 e. The zero-order valence-corrected chi connectivity index (χ0v) is 26.0. The van der Waals surface area contributed by atoms with E-state index in [4.69, 9.17) is 17.2 Å². The van der Waals surface area contributed by atoms with Crippen LogP contribution in [0.3, 0.4) is 0 Å². The fourth-order valence-corrected chi connectivity index (χ4v) is 4.83. The van der Waals surface area contributed by atoms with Crippen LogP contribution in [0, 0.1) is 16.0 Å². The van der Waals surface area contributed by atoms with E-state index in [1.54, 1.807) is 13.8 Å². The van der Waals surface area contributed by atoms with Gasteiger partial charge in [-0.25, -0.2) is 0 Å². The SMILES string of the molecule is CC(C)[C@H](NC(=O)[C@H](Cc1ccccc1)NCc1ccccc1)C(=O)N[C@@H](CCCN=C(N)N)C(=O)c1cc([N+](=O)[O-])ccc1N. The lowest BCUT2D eigenvalue weighted by Gasteiger charge is -2.27. The number of nitrogens with zero attached hydrogens (tertiary/aromatic N) is 2. The summed E-state index contributed by atoms with van der Waals surface area (Å²) < 4.78 is 0. The number of carbonyl (C=O) groups is 3. The Labute approximate surface area is 268 Å². The van der Waals surface area contributed by atoms with E-state index < -0.39 is 34.7 Å². The number of nitro groups is 1. The van der Waals surface area contributed by atoms with Crippen molar-refractivity contribution < 1.29 is 19.3 Å². The van der Waals surface area contributed by atoms with Gasteiger partial charge in [0.05, 0.1) is 17.0 Å². The van der Waals surface area contributed by atoms with Crippen LogP contribution >= 0.6 is 0 Å². The minimum absolute atomic E-state index is 0.0287. The fraction of sp³-hybridized carbons (Fsp3) is 0.333. The highest BCUT2D eigenvalue weighted by atomic mass is 16.6. The molecule has 0 aliphatic carbocycles. The third-order valence-corrected chi connectivity index (χ3v) is 7.33. The molecular weight excluding hydrogens is 588 g/mol. The fourth-order valence-electron chi connectivity index (χ4n) is 4.83. The van der Waals surface area contributed by atoms with Gasteiger partial charge in [0.1, 0.15) is 6.04 Å². The number of anilines is 1. The number of hydrogen-bond acceptors (Lipinski definition) is 8. The van der Waals surface area contributed by atoms with Crippen LogP contribution in [0.4, 0.5) is 11.4 Å². The number of ketones is 1. The van der Waals surface area contributed by atoms with Gasteiger partial charge in [0.25, 0.3) is 5.69 Å². The molecule has 0 saturated heterocycles. The number of nitrogens with two attached hydrogens (primary N) is 3. The number of hydrogen-bond donors (Lipinski definition) is 6. The number of non-ortho nitro benzene ring substituents is 1. The third-order valence-electron chi connectivity index (χ3n) is 7.33. The number of guanidine groups is 1. The van der Waals surface area contributed by atoms with Gasteiger partial charge in [-0.15, -0.1) is 0 Å². The number of nitrogen functional groups attached to an aromatic ring is 1. The molecule has 0 heterocycles. The Hall–Kier alpha value is -5.30. The molecule has 0 saturated carbocycles. The second kappa shape index (κ2) is 17.3. The van der Waals surface area contributed by atoms with E-state index in [-0.39, 0.29) is 47.7 Å². The molecule has 0 bridgehead atoms. The Balaban J connectivity index is 1.82. The van der Waals surface area contributed by atoms with E-state index in [0.29, 0.717) is 19.4 Å². The highest BCUT2D eigenvalue weighted by Gasteiger charge is 2.32. The molecule has 0 aliphatic rings. The van der Waals surface area contributed by atoms with Crippen molar-refractivity contribution in [3.8, 4) is 0 Å². The van der Waals surface area contributed by atoms with Gasteiger partial charge in [0.15, 0.2) is 11.7 Å². The molecule has 3 atom stereocenters. The van der Waals surface area contributed by atoms with Crippen molar-refractivity contribution in [3.63, 3.8) is 0 Å². The molecular formula is C33H42N8O5. The van der Waals surface area contributed by atoms with E-state index in [9.17, 15) is 24.5 Å². The first-order chi connectivity index (χ1) is 22.0. The Kier molecular flexibility index (Phi) is 13.2. The lowest BCUT2D eigenvalue weighted by Crippen LogP contribution is -2.57. The predicted molar refractivity (Wildman–Crippen MR) is 178 cm³/mol. The van der Waals surface area contributed by atoms with Crippen LogP contribution in [-0.2, 0) is 22.6 Å². The molecule has 244 valence electrons. The lowest BCUT2D eigenvalue weighted by molar-refractivity contribution is -0.384. The van der Waals surface area contributed by atoms with E-state index >= 15 is 0 Å². The van der Waals surface area contributed by atoms with Gasteiger partial charge < -0.3 is 33.2 Å². The van der Waals surface area contributed by atoms with Crippen LogP contribution < -0.4 is 33.2 Å². The van der Waals surface area contributed by atoms with Crippen LogP contribution in [0.2, 0.25) is 0 Å². The van der Waals surface area contributed by atoms with Gasteiger partial charge >= 0.3 is 0 Å². The number of nitrogens with one attached hydrogen (secondary N) is 3. The first kappa shape index (κ1) is 35.2. The van der Waals surface area contributed by atoms with Crippen molar-refractivity contribution in [1.29, 1.82) is 0 Å². The highest BCUT2D eigenvalue weighted by Crippen LogP contribution is 2.22. The molecule has 0 unspecified atom stereocenters. The van der Waals surface area contributed by atoms with Gasteiger partial charge in [-0.2, -0.15) is 0 Å². The summed E-state index contributed by atoms with van der Waals surface area (Å²) in [5.74, 6) is -2.06.